The summed E-state index contributed by atoms with van der Waals surface area (Å²) in [5.74, 6) is -0.925. The number of fused-ring (bicyclic) bond motifs is 3. The van der Waals surface area contributed by atoms with Crippen LogP contribution in [0, 0.1) is 0 Å². The number of carbonyl (C=O) groups is 2. The van der Waals surface area contributed by atoms with E-state index in [0.29, 0.717) is 11.4 Å². The SMILES string of the molecule is O=C1C(=O)c2c(-c3ccccc3)noc2-c2ncccc21. The van der Waals surface area contributed by atoms with Gasteiger partial charge in [-0.05, 0) is 12.1 Å². The van der Waals surface area contributed by atoms with Crippen molar-refractivity contribution in [3.05, 3.63) is 59.8 Å². The Morgan fingerprint density at radius 1 is 0.857 bits per heavy atom. The van der Waals surface area contributed by atoms with Crippen LogP contribution in [0.25, 0.3) is 22.7 Å². The third-order valence-electron chi connectivity index (χ3n) is 3.44. The van der Waals surface area contributed by atoms with E-state index in [0.717, 1.165) is 5.56 Å². The Kier molecular flexibility index (Phi) is 2.35. The fraction of sp³-hybridized carbons (Fsp3) is 0. The number of rotatable bonds is 1. The molecule has 0 atom stereocenters. The van der Waals surface area contributed by atoms with Gasteiger partial charge < -0.3 is 4.52 Å². The first-order valence-corrected chi connectivity index (χ1v) is 6.37. The Balaban J connectivity index is 2.02. The third-order valence-corrected chi connectivity index (χ3v) is 3.44. The number of pyridine rings is 1. The smallest absolute Gasteiger partial charge is 0.239 e. The van der Waals surface area contributed by atoms with E-state index in [4.69, 9.17) is 4.52 Å². The van der Waals surface area contributed by atoms with Gasteiger partial charge in [0.05, 0.1) is 5.56 Å². The Labute approximate surface area is 119 Å². The highest BCUT2D eigenvalue weighted by Gasteiger charge is 2.37. The molecule has 0 unspecified atom stereocenters. The van der Waals surface area contributed by atoms with Gasteiger partial charge in [-0.1, -0.05) is 35.5 Å². The van der Waals surface area contributed by atoms with E-state index in [1.807, 2.05) is 30.3 Å². The molecule has 2 heterocycles. The van der Waals surface area contributed by atoms with Gasteiger partial charge in [0.2, 0.25) is 11.6 Å². The van der Waals surface area contributed by atoms with Gasteiger partial charge in [0.1, 0.15) is 17.0 Å². The van der Waals surface area contributed by atoms with Crippen LogP contribution in [0.15, 0.2) is 53.2 Å². The molecule has 5 heteroatoms. The van der Waals surface area contributed by atoms with Gasteiger partial charge in [-0.3, -0.25) is 14.6 Å². The van der Waals surface area contributed by atoms with Crippen molar-refractivity contribution in [2.24, 2.45) is 0 Å². The van der Waals surface area contributed by atoms with E-state index in [-0.39, 0.29) is 16.9 Å². The monoisotopic (exact) mass is 276 g/mol. The van der Waals surface area contributed by atoms with Crippen LogP contribution in [0.4, 0.5) is 0 Å². The molecule has 5 nitrogen and oxygen atoms in total. The van der Waals surface area contributed by atoms with E-state index < -0.39 is 11.6 Å². The maximum absolute atomic E-state index is 12.4. The molecular formula is C16H8N2O3. The van der Waals surface area contributed by atoms with Gasteiger partial charge in [0.25, 0.3) is 0 Å². The van der Waals surface area contributed by atoms with Crippen LogP contribution in [0.5, 0.6) is 0 Å². The molecule has 0 aliphatic heterocycles. The van der Waals surface area contributed by atoms with Crippen molar-refractivity contribution in [3.8, 4) is 22.7 Å². The molecule has 0 spiro atoms. The number of nitrogens with zero attached hydrogens (tertiary/aromatic N) is 2. The molecule has 0 fully saturated rings. The Morgan fingerprint density at radius 2 is 1.67 bits per heavy atom. The minimum absolute atomic E-state index is 0.192. The van der Waals surface area contributed by atoms with E-state index in [9.17, 15) is 9.59 Å². The molecule has 0 amide bonds. The summed E-state index contributed by atoms with van der Waals surface area (Å²) in [6, 6.07) is 12.3. The van der Waals surface area contributed by atoms with Crippen LogP contribution in [-0.2, 0) is 0 Å². The van der Waals surface area contributed by atoms with Crippen LogP contribution < -0.4 is 0 Å². The molecular weight excluding hydrogens is 268 g/mol. The lowest BCUT2D eigenvalue weighted by molar-refractivity contribution is 0.0814. The molecule has 0 N–H and O–H groups in total. The van der Waals surface area contributed by atoms with Gasteiger partial charge in [0.15, 0.2) is 5.76 Å². The molecule has 0 bridgehead atoms. The summed E-state index contributed by atoms with van der Waals surface area (Å²) in [6.07, 6.45) is 1.55. The molecule has 21 heavy (non-hydrogen) atoms. The maximum atomic E-state index is 12.4. The lowest BCUT2D eigenvalue weighted by Crippen LogP contribution is -2.21. The quantitative estimate of drug-likeness (QED) is 0.639. The first-order valence-electron chi connectivity index (χ1n) is 6.37. The van der Waals surface area contributed by atoms with Gasteiger partial charge in [-0.25, -0.2) is 0 Å². The van der Waals surface area contributed by atoms with Crippen LogP contribution in [-0.4, -0.2) is 21.7 Å². The van der Waals surface area contributed by atoms with Crippen molar-refractivity contribution < 1.29 is 14.1 Å². The molecule has 100 valence electrons. The average molecular weight is 276 g/mol. The highest BCUT2D eigenvalue weighted by Crippen LogP contribution is 2.37. The summed E-state index contributed by atoms with van der Waals surface area (Å²) in [5.41, 5.74) is 1.92. The van der Waals surface area contributed by atoms with Crippen molar-refractivity contribution in [1.29, 1.82) is 0 Å². The maximum Gasteiger partial charge on any atom is 0.239 e. The zero-order valence-corrected chi connectivity index (χ0v) is 10.7. The highest BCUT2D eigenvalue weighted by atomic mass is 16.5. The van der Waals surface area contributed by atoms with Gasteiger partial charge in [-0.2, -0.15) is 0 Å². The standard InChI is InChI=1S/C16H8N2O3/c19-14-10-7-4-8-17-13(10)16-11(15(14)20)12(18-21-16)9-5-2-1-3-6-9/h1-8H. The van der Waals surface area contributed by atoms with E-state index >= 15 is 0 Å². The largest absolute Gasteiger partial charge is 0.353 e. The number of benzene rings is 1. The van der Waals surface area contributed by atoms with E-state index in [2.05, 4.69) is 10.1 Å². The second kappa shape index (κ2) is 4.21. The van der Waals surface area contributed by atoms with Crippen molar-refractivity contribution in [2.75, 3.05) is 0 Å². The van der Waals surface area contributed by atoms with E-state index in [1.54, 1.807) is 18.3 Å². The summed E-state index contributed by atoms with van der Waals surface area (Å²) in [7, 11) is 0. The van der Waals surface area contributed by atoms with E-state index in [1.165, 1.54) is 0 Å². The first-order chi connectivity index (χ1) is 10.3. The Hall–Kier alpha value is -3.08. The Morgan fingerprint density at radius 3 is 2.48 bits per heavy atom. The van der Waals surface area contributed by atoms with Crippen LogP contribution in [0.3, 0.4) is 0 Å². The topological polar surface area (TPSA) is 73.1 Å². The van der Waals surface area contributed by atoms with Crippen LogP contribution in [0.2, 0.25) is 0 Å². The zero-order valence-electron chi connectivity index (χ0n) is 10.7. The number of ketones is 2. The molecule has 1 aliphatic rings. The lowest BCUT2D eigenvalue weighted by Gasteiger charge is -2.11. The minimum atomic E-state index is -0.606. The third kappa shape index (κ3) is 1.57. The van der Waals surface area contributed by atoms with Crippen molar-refractivity contribution in [2.45, 2.75) is 0 Å². The van der Waals surface area contributed by atoms with Crippen molar-refractivity contribution in [1.82, 2.24) is 10.1 Å². The molecule has 2 aromatic heterocycles. The fourth-order valence-electron chi connectivity index (χ4n) is 2.46. The summed E-state index contributed by atoms with van der Waals surface area (Å²) < 4.78 is 5.30. The van der Waals surface area contributed by atoms with Crippen LogP contribution >= 0.6 is 0 Å². The average Bonchev–Trinajstić information content (AvgIpc) is 2.99. The number of Topliss-reactive ketones (excluding diaryl/α,β-unsaturated/α-hetero) is 2. The molecule has 0 saturated heterocycles. The summed E-state index contributed by atoms with van der Waals surface area (Å²) in [5, 5.41) is 3.96. The fourth-order valence-corrected chi connectivity index (χ4v) is 2.46. The van der Waals surface area contributed by atoms with Crippen molar-refractivity contribution in [3.63, 3.8) is 0 Å². The zero-order chi connectivity index (χ0) is 14.4. The predicted octanol–water partition coefficient (Wildman–Crippen LogP) is 2.78. The van der Waals surface area contributed by atoms with Gasteiger partial charge in [-0.15, -0.1) is 0 Å². The molecule has 0 saturated carbocycles. The second-order valence-corrected chi connectivity index (χ2v) is 4.66. The molecule has 3 aromatic rings. The number of carbonyl (C=O) groups excluding carboxylic acids is 2. The first kappa shape index (κ1) is 11.7. The lowest BCUT2D eigenvalue weighted by atomic mass is 9.89. The predicted molar refractivity (Wildman–Crippen MR) is 73.8 cm³/mol. The molecule has 1 aromatic carbocycles. The summed E-state index contributed by atoms with van der Waals surface area (Å²) >= 11 is 0. The Bertz CT molecular complexity index is 868. The second-order valence-electron chi connectivity index (χ2n) is 4.66. The molecule has 0 radical (unpaired) electrons. The highest BCUT2D eigenvalue weighted by molar-refractivity contribution is 6.53. The summed E-state index contributed by atoms with van der Waals surface area (Å²) in [6.45, 7) is 0. The van der Waals surface area contributed by atoms with Gasteiger partial charge >= 0.3 is 0 Å². The molecule has 4 rings (SSSR count). The number of hydrogen-bond acceptors (Lipinski definition) is 5. The van der Waals surface area contributed by atoms with Crippen molar-refractivity contribution >= 4 is 11.6 Å². The molecule has 1 aliphatic carbocycles. The summed E-state index contributed by atoms with van der Waals surface area (Å²) in [4.78, 5) is 28.7. The number of aromatic nitrogens is 2. The normalized spacial score (nSPS) is 13.0. The minimum Gasteiger partial charge on any atom is -0.353 e. The van der Waals surface area contributed by atoms with Gasteiger partial charge in [0, 0.05) is 11.8 Å². The number of hydrogen-bond donors (Lipinski definition) is 0. The van der Waals surface area contributed by atoms with Crippen LogP contribution in [0.1, 0.15) is 20.7 Å².